The van der Waals surface area contributed by atoms with Crippen molar-refractivity contribution in [3.05, 3.63) is 11.6 Å². The third-order valence-corrected chi connectivity index (χ3v) is 5.04. The molecule has 0 heterocycles. The maximum atomic E-state index is 12.1. The molecule has 0 aromatic carbocycles. The van der Waals surface area contributed by atoms with Gasteiger partial charge in [0.2, 0.25) is 5.91 Å². The van der Waals surface area contributed by atoms with Gasteiger partial charge in [0, 0.05) is 32.6 Å². The smallest absolute Gasteiger partial charge is 0.223 e. The highest BCUT2D eigenvalue weighted by atomic mass is 127. The summed E-state index contributed by atoms with van der Waals surface area (Å²) in [5.74, 6) is 1.28. The van der Waals surface area contributed by atoms with E-state index in [1.54, 1.807) is 12.6 Å². The van der Waals surface area contributed by atoms with Gasteiger partial charge in [-0.05, 0) is 44.9 Å². The number of guanidine groups is 1. The molecule has 0 aromatic heterocycles. The van der Waals surface area contributed by atoms with Crippen molar-refractivity contribution in [2.45, 2.75) is 64.2 Å². The Morgan fingerprint density at radius 1 is 1.04 bits per heavy atom. The first-order valence-electron chi connectivity index (χ1n) is 9.69. The molecule has 1 saturated carbocycles. The first-order valence-corrected chi connectivity index (χ1v) is 9.69. The Morgan fingerprint density at radius 2 is 1.76 bits per heavy atom. The fourth-order valence-electron chi connectivity index (χ4n) is 3.57. The van der Waals surface area contributed by atoms with Crippen LogP contribution in [0.3, 0.4) is 0 Å². The predicted molar refractivity (Wildman–Crippen MR) is 116 cm³/mol. The normalized spacial score (nSPS) is 18.8. The van der Waals surface area contributed by atoms with Crippen molar-refractivity contribution in [1.82, 2.24) is 16.0 Å². The third kappa shape index (κ3) is 8.92. The summed E-state index contributed by atoms with van der Waals surface area (Å²) in [7, 11) is 1.79. The van der Waals surface area contributed by atoms with Gasteiger partial charge in [0.05, 0.1) is 0 Å². The Morgan fingerprint density at radius 3 is 2.44 bits per heavy atom. The molecule has 144 valence electrons. The summed E-state index contributed by atoms with van der Waals surface area (Å²) in [6.07, 6.45) is 14.4. The van der Waals surface area contributed by atoms with E-state index in [1.165, 1.54) is 44.9 Å². The Labute approximate surface area is 169 Å². The van der Waals surface area contributed by atoms with Gasteiger partial charge in [-0.2, -0.15) is 0 Å². The van der Waals surface area contributed by atoms with E-state index < -0.39 is 0 Å². The topological polar surface area (TPSA) is 65.5 Å². The van der Waals surface area contributed by atoms with Crippen LogP contribution < -0.4 is 16.0 Å². The summed E-state index contributed by atoms with van der Waals surface area (Å²) in [6.45, 7) is 2.28. The number of halogens is 1. The number of carbonyl (C=O) groups is 1. The SMILES string of the molecule is CN=C(NCCNC(=O)C1CCCCC1)NCCC1=CCCCC1.I. The number of hydrogen-bond acceptors (Lipinski definition) is 2. The van der Waals surface area contributed by atoms with E-state index in [1.807, 2.05) is 0 Å². The summed E-state index contributed by atoms with van der Waals surface area (Å²) in [4.78, 5) is 16.3. The molecule has 3 N–H and O–H groups in total. The van der Waals surface area contributed by atoms with Crippen molar-refractivity contribution in [3.8, 4) is 0 Å². The van der Waals surface area contributed by atoms with E-state index in [4.69, 9.17) is 0 Å². The van der Waals surface area contributed by atoms with Gasteiger partial charge < -0.3 is 16.0 Å². The van der Waals surface area contributed by atoms with E-state index in [2.05, 4.69) is 27.0 Å². The molecular weight excluding hydrogens is 427 g/mol. The molecule has 0 saturated heterocycles. The summed E-state index contributed by atoms with van der Waals surface area (Å²) >= 11 is 0. The molecular formula is C19H35IN4O. The molecule has 0 aromatic rings. The molecule has 1 amide bonds. The Bertz CT molecular complexity index is 445. The minimum atomic E-state index is 0. The first kappa shape index (κ1) is 22.3. The van der Waals surface area contributed by atoms with Crippen molar-refractivity contribution in [2.75, 3.05) is 26.7 Å². The van der Waals surface area contributed by atoms with Gasteiger partial charge in [-0.15, -0.1) is 24.0 Å². The number of nitrogens with one attached hydrogen (secondary N) is 3. The Balaban J connectivity index is 0.00000312. The number of hydrogen-bond donors (Lipinski definition) is 3. The zero-order valence-corrected chi connectivity index (χ0v) is 17.9. The van der Waals surface area contributed by atoms with Crippen LogP contribution in [-0.4, -0.2) is 38.5 Å². The fraction of sp³-hybridized carbons (Fsp3) is 0.789. The van der Waals surface area contributed by atoms with Crippen LogP contribution in [0.15, 0.2) is 16.6 Å². The fourth-order valence-corrected chi connectivity index (χ4v) is 3.57. The van der Waals surface area contributed by atoms with E-state index in [0.29, 0.717) is 13.1 Å². The van der Waals surface area contributed by atoms with Gasteiger partial charge in [-0.25, -0.2) is 0 Å². The van der Waals surface area contributed by atoms with Crippen molar-refractivity contribution < 1.29 is 4.79 Å². The van der Waals surface area contributed by atoms with Crippen LogP contribution in [0, 0.1) is 5.92 Å². The van der Waals surface area contributed by atoms with Crippen LogP contribution in [0.4, 0.5) is 0 Å². The average molecular weight is 462 g/mol. The molecule has 0 spiro atoms. The minimum Gasteiger partial charge on any atom is -0.356 e. The van der Waals surface area contributed by atoms with Crippen LogP contribution in [0.5, 0.6) is 0 Å². The number of allylic oxidation sites excluding steroid dienone is 1. The van der Waals surface area contributed by atoms with Gasteiger partial charge in [0.15, 0.2) is 5.96 Å². The lowest BCUT2D eigenvalue weighted by molar-refractivity contribution is -0.125. The number of rotatable bonds is 7. The van der Waals surface area contributed by atoms with Crippen LogP contribution in [0.2, 0.25) is 0 Å². The molecule has 2 aliphatic carbocycles. The lowest BCUT2D eigenvalue weighted by atomic mass is 9.89. The molecule has 2 aliphatic rings. The monoisotopic (exact) mass is 462 g/mol. The minimum absolute atomic E-state index is 0. The molecule has 0 aliphatic heterocycles. The Hall–Kier alpha value is -0.790. The zero-order valence-electron chi connectivity index (χ0n) is 15.6. The molecule has 0 bridgehead atoms. The standard InChI is InChI=1S/C19H34N4O.HI/c1-20-19(22-13-12-16-8-4-2-5-9-16)23-15-14-21-18(24)17-10-6-3-7-11-17;/h8,17H,2-7,9-15H2,1H3,(H,21,24)(H2,20,22,23);1H. The van der Waals surface area contributed by atoms with Crippen molar-refractivity contribution in [1.29, 1.82) is 0 Å². The lowest BCUT2D eigenvalue weighted by Gasteiger charge is -2.21. The number of nitrogens with zero attached hydrogens (tertiary/aromatic N) is 1. The van der Waals surface area contributed by atoms with E-state index in [9.17, 15) is 4.79 Å². The van der Waals surface area contributed by atoms with Gasteiger partial charge in [0.25, 0.3) is 0 Å². The van der Waals surface area contributed by atoms with Crippen LogP contribution in [0.25, 0.3) is 0 Å². The number of aliphatic imine (C=N–C) groups is 1. The van der Waals surface area contributed by atoms with Crippen molar-refractivity contribution in [2.24, 2.45) is 10.9 Å². The highest BCUT2D eigenvalue weighted by Crippen LogP contribution is 2.23. The third-order valence-electron chi connectivity index (χ3n) is 5.04. The summed E-state index contributed by atoms with van der Waals surface area (Å²) < 4.78 is 0. The summed E-state index contributed by atoms with van der Waals surface area (Å²) in [6, 6.07) is 0. The molecule has 1 fully saturated rings. The summed E-state index contributed by atoms with van der Waals surface area (Å²) in [5.41, 5.74) is 1.57. The van der Waals surface area contributed by atoms with E-state index in [-0.39, 0.29) is 35.8 Å². The van der Waals surface area contributed by atoms with E-state index >= 15 is 0 Å². The van der Waals surface area contributed by atoms with Crippen LogP contribution >= 0.6 is 24.0 Å². The molecule has 0 radical (unpaired) electrons. The highest BCUT2D eigenvalue weighted by Gasteiger charge is 2.20. The largest absolute Gasteiger partial charge is 0.356 e. The van der Waals surface area contributed by atoms with Gasteiger partial charge >= 0.3 is 0 Å². The maximum Gasteiger partial charge on any atom is 0.223 e. The quantitative estimate of drug-likeness (QED) is 0.179. The second kappa shape index (κ2) is 13.4. The molecule has 25 heavy (non-hydrogen) atoms. The zero-order chi connectivity index (χ0) is 17.0. The van der Waals surface area contributed by atoms with Crippen molar-refractivity contribution >= 4 is 35.8 Å². The number of carbonyl (C=O) groups excluding carboxylic acids is 1. The molecule has 5 nitrogen and oxygen atoms in total. The average Bonchev–Trinajstić information content (AvgIpc) is 2.65. The van der Waals surface area contributed by atoms with Crippen LogP contribution in [-0.2, 0) is 4.79 Å². The Kier molecular flexibility index (Phi) is 11.9. The highest BCUT2D eigenvalue weighted by molar-refractivity contribution is 14.0. The second-order valence-electron chi connectivity index (χ2n) is 6.91. The summed E-state index contributed by atoms with van der Waals surface area (Å²) in [5, 5.41) is 9.67. The van der Waals surface area contributed by atoms with E-state index in [0.717, 1.165) is 31.8 Å². The molecule has 0 unspecified atom stereocenters. The maximum absolute atomic E-state index is 12.1. The van der Waals surface area contributed by atoms with Crippen molar-refractivity contribution in [3.63, 3.8) is 0 Å². The van der Waals surface area contributed by atoms with Gasteiger partial charge in [-0.1, -0.05) is 30.9 Å². The number of amides is 1. The molecule has 0 atom stereocenters. The van der Waals surface area contributed by atoms with Gasteiger partial charge in [-0.3, -0.25) is 9.79 Å². The molecule has 6 heteroatoms. The second-order valence-corrected chi connectivity index (χ2v) is 6.91. The lowest BCUT2D eigenvalue weighted by Crippen LogP contribution is -2.43. The first-order chi connectivity index (χ1) is 11.8. The van der Waals surface area contributed by atoms with Crippen LogP contribution in [0.1, 0.15) is 64.2 Å². The predicted octanol–water partition coefficient (Wildman–Crippen LogP) is 3.36. The molecule has 2 rings (SSSR count). The van der Waals surface area contributed by atoms with Gasteiger partial charge in [0.1, 0.15) is 0 Å².